The molecule has 0 heterocycles. The first kappa shape index (κ1) is 12.6. The molecule has 0 aromatic rings. The van der Waals surface area contributed by atoms with Gasteiger partial charge in [-0.05, 0) is 12.8 Å². The Bertz CT molecular complexity index is 55.2. The van der Waals surface area contributed by atoms with E-state index >= 15 is 0 Å². The van der Waals surface area contributed by atoms with E-state index in [-0.39, 0.29) is 11.6 Å². The lowest BCUT2D eigenvalue weighted by molar-refractivity contribution is 0.150. The maximum atomic E-state index is 9.18. The normalized spacial score (nSPS) is 12.3. The van der Waals surface area contributed by atoms with Crippen LogP contribution in [0, 0.1) is 0 Å². The van der Waals surface area contributed by atoms with Gasteiger partial charge < -0.3 is 10.6 Å². The number of aliphatic hydroxyl groups excluding tert-OH is 1. The molecular formula is C8H20O2. The summed E-state index contributed by atoms with van der Waals surface area (Å²) in [6.07, 6.45) is 5.40. The fraction of sp³-hybridized carbons (Fsp3) is 1.00. The molecule has 0 radical (unpaired) electrons. The first-order chi connectivity index (χ1) is 4.31. The summed E-state index contributed by atoms with van der Waals surface area (Å²) in [6, 6.07) is 0. The molecule has 0 amide bonds. The van der Waals surface area contributed by atoms with Gasteiger partial charge in [0.15, 0.2) is 0 Å². The van der Waals surface area contributed by atoms with Crippen molar-refractivity contribution in [3.8, 4) is 0 Å². The predicted octanol–water partition coefficient (Wildman–Crippen LogP) is 1.51. The number of hydrogen-bond acceptors (Lipinski definition) is 1. The second-order valence-electron chi connectivity index (χ2n) is 2.58. The van der Waals surface area contributed by atoms with Gasteiger partial charge in [0.25, 0.3) is 0 Å². The summed E-state index contributed by atoms with van der Waals surface area (Å²) < 4.78 is 0. The molecule has 1 atom stereocenters. The molecule has 2 heteroatoms. The molecule has 0 spiro atoms. The fourth-order valence-corrected chi connectivity index (χ4v) is 0.917. The lowest BCUT2D eigenvalue weighted by Crippen LogP contribution is -2.04. The smallest absolute Gasteiger partial charge is 0.0540 e. The Morgan fingerprint density at radius 3 is 2.10 bits per heavy atom. The molecule has 2 nitrogen and oxygen atoms in total. The van der Waals surface area contributed by atoms with Crippen molar-refractivity contribution in [3.63, 3.8) is 0 Å². The van der Waals surface area contributed by atoms with Gasteiger partial charge in [0.1, 0.15) is 0 Å². The first-order valence-corrected chi connectivity index (χ1v) is 3.99. The van der Waals surface area contributed by atoms with Crippen molar-refractivity contribution < 1.29 is 10.6 Å². The number of rotatable bonds is 5. The summed E-state index contributed by atoms with van der Waals surface area (Å²) in [5.41, 5.74) is 0. The molecule has 3 N–H and O–H groups in total. The van der Waals surface area contributed by atoms with Crippen LogP contribution >= 0.6 is 0 Å². The Hall–Kier alpha value is -0.0800. The zero-order valence-electron chi connectivity index (χ0n) is 7.06. The highest BCUT2D eigenvalue weighted by molar-refractivity contribution is 4.52. The van der Waals surface area contributed by atoms with E-state index < -0.39 is 0 Å². The zero-order chi connectivity index (χ0) is 7.11. The summed E-state index contributed by atoms with van der Waals surface area (Å²) >= 11 is 0. The van der Waals surface area contributed by atoms with Crippen LogP contribution in [-0.2, 0) is 0 Å². The maximum absolute atomic E-state index is 9.18. The topological polar surface area (TPSA) is 51.7 Å². The molecule has 0 saturated heterocycles. The van der Waals surface area contributed by atoms with Gasteiger partial charge in [-0.25, -0.2) is 0 Å². The highest BCUT2D eigenvalue weighted by Gasteiger charge is 1.99. The summed E-state index contributed by atoms with van der Waals surface area (Å²) in [5.74, 6) is 0. The summed E-state index contributed by atoms with van der Waals surface area (Å²) in [7, 11) is 0. The van der Waals surface area contributed by atoms with E-state index in [1.165, 1.54) is 12.8 Å². The van der Waals surface area contributed by atoms with Gasteiger partial charge in [-0.3, -0.25) is 0 Å². The Morgan fingerprint density at radius 1 is 1.10 bits per heavy atom. The van der Waals surface area contributed by atoms with Crippen molar-refractivity contribution >= 4 is 0 Å². The SMILES string of the molecule is CCCCC(O)CCC.O. The Balaban J connectivity index is 0. The molecule has 10 heavy (non-hydrogen) atoms. The van der Waals surface area contributed by atoms with Crippen LogP contribution in [0.25, 0.3) is 0 Å². The standard InChI is InChI=1S/C8H18O.H2O/c1-3-5-7-8(9)6-4-2;/h8-9H,3-7H2,1-2H3;1H2. The molecule has 0 aliphatic carbocycles. The second-order valence-corrected chi connectivity index (χ2v) is 2.58. The Labute approximate surface area is 63.6 Å². The molecule has 0 bridgehead atoms. The van der Waals surface area contributed by atoms with Crippen LogP contribution < -0.4 is 0 Å². The van der Waals surface area contributed by atoms with E-state index in [1.807, 2.05) is 0 Å². The Kier molecular flexibility index (Phi) is 11.2. The molecule has 0 rings (SSSR count). The van der Waals surface area contributed by atoms with Gasteiger partial charge in [-0.1, -0.05) is 33.1 Å². The van der Waals surface area contributed by atoms with E-state index in [0.717, 1.165) is 19.3 Å². The zero-order valence-corrected chi connectivity index (χ0v) is 7.06. The van der Waals surface area contributed by atoms with E-state index in [9.17, 15) is 5.11 Å². The minimum absolute atomic E-state index is 0. The van der Waals surface area contributed by atoms with E-state index in [0.29, 0.717) is 0 Å². The van der Waals surface area contributed by atoms with Crippen LogP contribution in [0.2, 0.25) is 0 Å². The van der Waals surface area contributed by atoms with Gasteiger partial charge in [0.05, 0.1) is 6.10 Å². The molecular weight excluding hydrogens is 128 g/mol. The van der Waals surface area contributed by atoms with Crippen LogP contribution in [0.15, 0.2) is 0 Å². The molecule has 0 aromatic heterocycles. The first-order valence-electron chi connectivity index (χ1n) is 3.99. The number of hydrogen-bond donors (Lipinski definition) is 1. The van der Waals surface area contributed by atoms with E-state index in [2.05, 4.69) is 13.8 Å². The lowest BCUT2D eigenvalue weighted by atomic mass is 10.1. The lowest BCUT2D eigenvalue weighted by Gasteiger charge is -2.06. The van der Waals surface area contributed by atoms with Crippen molar-refractivity contribution in [3.05, 3.63) is 0 Å². The van der Waals surface area contributed by atoms with Crippen molar-refractivity contribution in [1.82, 2.24) is 0 Å². The molecule has 1 unspecified atom stereocenters. The Morgan fingerprint density at radius 2 is 1.70 bits per heavy atom. The third kappa shape index (κ3) is 7.92. The van der Waals surface area contributed by atoms with Gasteiger partial charge in [0.2, 0.25) is 0 Å². The highest BCUT2D eigenvalue weighted by atomic mass is 16.3. The van der Waals surface area contributed by atoms with Crippen LogP contribution in [-0.4, -0.2) is 16.7 Å². The van der Waals surface area contributed by atoms with Crippen LogP contribution in [0.4, 0.5) is 0 Å². The summed E-state index contributed by atoms with van der Waals surface area (Å²) in [6.45, 7) is 4.26. The van der Waals surface area contributed by atoms with Gasteiger partial charge in [-0.2, -0.15) is 0 Å². The van der Waals surface area contributed by atoms with Crippen molar-refractivity contribution in [2.45, 2.75) is 52.1 Å². The molecule has 0 aliphatic rings. The van der Waals surface area contributed by atoms with Crippen molar-refractivity contribution in [2.75, 3.05) is 0 Å². The maximum Gasteiger partial charge on any atom is 0.0540 e. The fourth-order valence-electron chi connectivity index (χ4n) is 0.917. The van der Waals surface area contributed by atoms with E-state index in [4.69, 9.17) is 0 Å². The third-order valence-corrected chi connectivity index (χ3v) is 1.51. The summed E-state index contributed by atoms with van der Waals surface area (Å²) in [4.78, 5) is 0. The highest BCUT2D eigenvalue weighted by Crippen LogP contribution is 2.05. The second kappa shape index (κ2) is 8.92. The van der Waals surface area contributed by atoms with Crippen molar-refractivity contribution in [2.24, 2.45) is 0 Å². The van der Waals surface area contributed by atoms with Gasteiger partial charge in [0, 0.05) is 0 Å². The quantitative estimate of drug-likeness (QED) is 0.631. The predicted molar refractivity (Wildman–Crippen MR) is 44.1 cm³/mol. The number of aliphatic hydroxyl groups is 1. The largest absolute Gasteiger partial charge is 0.412 e. The van der Waals surface area contributed by atoms with Gasteiger partial charge >= 0.3 is 0 Å². The van der Waals surface area contributed by atoms with Crippen LogP contribution in [0.1, 0.15) is 46.0 Å². The minimum Gasteiger partial charge on any atom is -0.412 e. The average molecular weight is 148 g/mol. The average Bonchev–Trinajstić information content (AvgIpc) is 1.85. The molecule has 0 aliphatic heterocycles. The van der Waals surface area contributed by atoms with Gasteiger partial charge in [-0.15, -0.1) is 0 Å². The third-order valence-electron chi connectivity index (χ3n) is 1.51. The number of unbranched alkanes of at least 4 members (excludes halogenated alkanes) is 1. The summed E-state index contributed by atoms with van der Waals surface area (Å²) in [5, 5.41) is 9.18. The monoisotopic (exact) mass is 148 g/mol. The molecule has 64 valence electrons. The molecule has 0 saturated carbocycles. The van der Waals surface area contributed by atoms with Crippen LogP contribution in [0.5, 0.6) is 0 Å². The van der Waals surface area contributed by atoms with E-state index in [1.54, 1.807) is 0 Å². The van der Waals surface area contributed by atoms with Crippen LogP contribution in [0.3, 0.4) is 0 Å². The molecule has 0 fully saturated rings. The molecule has 0 aromatic carbocycles. The minimum atomic E-state index is -0.0325. The van der Waals surface area contributed by atoms with Crippen molar-refractivity contribution in [1.29, 1.82) is 0 Å².